The third-order valence-electron chi connectivity index (χ3n) is 10.6. The molecule has 0 aliphatic carbocycles. The zero-order valence-electron chi connectivity index (χ0n) is 37.1. The highest BCUT2D eigenvalue weighted by Crippen LogP contribution is 2.78. The molecule has 1 aliphatic rings. The molecule has 0 fully saturated rings. The van der Waals surface area contributed by atoms with Crippen molar-refractivity contribution in [2.75, 3.05) is 0 Å². The number of hydrogen-bond donors (Lipinski definition) is 0. The van der Waals surface area contributed by atoms with Gasteiger partial charge in [0, 0.05) is 16.3 Å². The van der Waals surface area contributed by atoms with Gasteiger partial charge in [-0.3, -0.25) is 0 Å². The molecule has 3 aromatic rings. The second kappa shape index (κ2) is 13.6. The molecule has 0 saturated heterocycles. The van der Waals surface area contributed by atoms with Crippen LogP contribution in [0.2, 0.25) is 5.02 Å². The lowest BCUT2D eigenvalue weighted by atomic mass is 9.72. The van der Waals surface area contributed by atoms with Gasteiger partial charge in [-0.25, -0.2) is 4.20 Å². The second-order valence-corrected chi connectivity index (χ2v) is 29.0. The average Bonchev–Trinajstić information content (AvgIpc) is 2.93. The van der Waals surface area contributed by atoms with E-state index in [9.17, 15) is 0 Å². The van der Waals surface area contributed by atoms with Gasteiger partial charge in [-0.05, 0) is 65.9 Å². The summed E-state index contributed by atoms with van der Waals surface area (Å²) >= 11 is 6.89. The highest BCUT2D eigenvalue weighted by molar-refractivity contribution is 8.21. The summed E-state index contributed by atoms with van der Waals surface area (Å²) in [6.07, 6.45) is -1.20. The maximum Gasteiger partial charge on any atom is 0.315 e. The Hall–Kier alpha value is -1.93. The van der Waals surface area contributed by atoms with Crippen molar-refractivity contribution in [3.05, 3.63) is 85.8 Å². The van der Waals surface area contributed by atoms with Gasteiger partial charge in [-0.15, -0.1) is 0 Å². The van der Waals surface area contributed by atoms with Crippen LogP contribution in [-0.4, -0.2) is 25.2 Å². The molecule has 1 aliphatic heterocycles. The molecule has 0 bridgehead atoms. The molecule has 4 rings (SSSR count). The maximum atomic E-state index is 20.1. The zero-order chi connectivity index (χ0) is 41.9. The maximum absolute atomic E-state index is 20.1. The third-order valence-corrected chi connectivity index (χ3v) is 19.4. The molecule has 0 N–H and O–H groups in total. The molecule has 0 amide bonds. The summed E-state index contributed by atoms with van der Waals surface area (Å²) in [5, 5.41) is 0.01000. The minimum absolute atomic E-state index is 0.0402. The minimum atomic E-state index is -3.86. The summed E-state index contributed by atoms with van der Waals surface area (Å²) in [5.41, 5.74) is 6.18. The molecule has 298 valence electrons. The summed E-state index contributed by atoms with van der Waals surface area (Å²) in [6.45, 7) is 45.2. The summed E-state index contributed by atoms with van der Waals surface area (Å²) in [6, 6.07) is 8.99. The highest BCUT2D eigenvalue weighted by Gasteiger charge is 2.63. The van der Waals surface area contributed by atoms with Crippen molar-refractivity contribution in [1.82, 2.24) is 9.97 Å². The fraction of sp³-hybridized carbons (Fsp3) is 0.609. The van der Waals surface area contributed by atoms with Crippen LogP contribution in [0.15, 0.2) is 24.3 Å². The number of benzene rings is 2. The Morgan fingerprint density at radius 1 is 0.519 bits per heavy atom. The largest absolute Gasteiger partial charge is 0.315 e. The van der Waals surface area contributed by atoms with E-state index in [4.69, 9.17) is 11.6 Å². The van der Waals surface area contributed by atoms with Crippen molar-refractivity contribution in [1.29, 1.82) is 0 Å². The Bertz CT molecular complexity index is 2020. The SMILES string of the molecule is CC(C)(C)c1cc(C(C)(C)C)c(C2=[P+](c3nc(F)nc(F)c3Cl)C(c3c(C(C)(C)C)cc(C(C)(C)C)cc3C(C)(C)C)=P2(F)C(C)(C)C)c(C(C)(C)C)c1. The van der Waals surface area contributed by atoms with E-state index in [0.29, 0.717) is 10.1 Å². The van der Waals surface area contributed by atoms with Crippen LogP contribution in [0.1, 0.15) is 190 Å². The first-order valence-corrected chi connectivity index (χ1v) is 22.7. The van der Waals surface area contributed by atoms with Gasteiger partial charge < -0.3 is 0 Å². The van der Waals surface area contributed by atoms with Crippen LogP contribution in [0.4, 0.5) is 13.0 Å². The number of hydrogen-bond acceptors (Lipinski definition) is 2. The predicted molar refractivity (Wildman–Crippen MR) is 235 cm³/mol. The van der Waals surface area contributed by atoms with Crippen LogP contribution in [0.5, 0.6) is 0 Å². The van der Waals surface area contributed by atoms with Gasteiger partial charge >= 0.3 is 6.08 Å². The fourth-order valence-corrected chi connectivity index (χ4v) is 17.3. The van der Waals surface area contributed by atoms with Crippen LogP contribution < -0.4 is 5.44 Å². The standard InChI is InChI=1S/C46H67ClF3N2P2/c1-40(2,3)26-22-28(42(7,8)9)32(29(23-26)43(10,11)12)37-53(36-34(47)35(48)51-39(49)52-36)38(54(37,50)46(19,20)21)33-30(44(13,14)15)24-27(41(4,5)6)25-31(33)45(16,17)18/h22-25H,1-21H3/q+1. The Morgan fingerprint density at radius 3 is 1.15 bits per heavy atom. The average molecular weight is 802 g/mol. The predicted octanol–water partition coefficient (Wildman–Crippen LogP) is 14.4. The van der Waals surface area contributed by atoms with E-state index in [-0.39, 0.29) is 21.3 Å². The van der Waals surface area contributed by atoms with Crippen molar-refractivity contribution in [2.24, 2.45) is 0 Å². The van der Waals surface area contributed by atoms with Gasteiger partial charge in [0.2, 0.25) is 13.5 Å². The molecule has 1 aromatic heterocycles. The topological polar surface area (TPSA) is 25.8 Å². The molecule has 0 saturated carbocycles. The molecule has 2 heterocycles. The smallest absolute Gasteiger partial charge is 0.216 e. The van der Waals surface area contributed by atoms with Crippen molar-refractivity contribution in [3.8, 4) is 0 Å². The molecule has 2 aromatic carbocycles. The van der Waals surface area contributed by atoms with E-state index in [0.717, 1.165) is 44.5 Å². The number of aromatic nitrogens is 2. The fourth-order valence-electron chi connectivity index (χ4n) is 7.33. The van der Waals surface area contributed by atoms with Crippen LogP contribution in [0.3, 0.4) is 0 Å². The first-order valence-electron chi connectivity index (χ1n) is 19.3. The molecule has 2 unspecified atom stereocenters. The summed E-state index contributed by atoms with van der Waals surface area (Å²) in [7, 11) is -5.82. The number of halogens is 4. The van der Waals surface area contributed by atoms with Gasteiger partial charge in [0.15, 0.2) is 22.3 Å². The van der Waals surface area contributed by atoms with Gasteiger partial charge in [-0.2, -0.15) is 18.7 Å². The highest BCUT2D eigenvalue weighted by atomic mass is 35.5. The Balaban J connectivity index is 2.53. The molecule has 8 heteroatoms. The molecular weight excluding hydrogens is 735 g/mol. The van der Waals surface area contributed by atoms with Crippen molar-refractivity contribution in [3.63, 3.8) is 0 Å². The normalized spacial score (nSPS) is 18.7. The zero-order valence-corrected chi connectivity index (χ0v) is 39.7. The Morgan fingerprint density at radius 2 is 0.852 bits per heavy atom. The monoisotopic (exact) mass is 801 g/mol. The van der Waals surface area contributed by atoms with E-state index in [2.05, 4.69) is 159 Å². The Kier molecular flexibility index (Phi) is 11.3. The van der Waals surface area contributed by atoms with Gasteiger partial charge in [0.05, 0.1) is 0 Å². The minimum Gasteiger partial charge on any atom is -0.216 e. The van der Waals surface area contributed by atoms with E-state index in [1.54, 1.807) is 0 Å². The van der Waals surface area contributed by atoms with E-state index >= 15 is 13.0 Å². The van der Waals surface area contributed by atoms with Crippen molar-refractivity contribution in [2.45, 2.75) is 183 Å². The first kappa shape index (κ1) is 44.8. The van der Waals surface area contributed by atoms with Crippen molar-refractivity contribution < 1.29 is 13.0 Å². The van der Waals surface area contributed by atoms with E-state index in [1.807, 2.05) is 20.8 Å². The molecule has 0 spiro atoms. The number of nitrogens with zero attached hydrogens (tertiary/aromatic N) is 2. The van der Waals surface area contributed by atoms with Crippen LogP contribution in [-0.2, 0) is 32.5 Å². The van der Waals surface area contributed by atoms with Crippen LogP contribution >= 0.6 is 26.3 Å². The van der Waals surface area contributed by atoms with E-state index in [1.165, 1.54) is 0 Å². The molecule has 0 radical (unpaired) electrons. The molecule has 2 atom stereocenters. The van der Waals surface area contributed by atoms with Gasteiger partial charge in [0.25, 0.3) is 5.44 Å². The molecule has 2 nitrogen and oxygen atoms in total. The summed E-state index contributed by atoms with van der Waals surface area (Å²) in [5.74, 6) is -1.13. The van der Waals surface area contributed by atoms with Crippen LogP contribution in [0, 0.1) is 12.0 Å². The summed E-state index contributed by atoms with van der Waals surface area (Å²) in [4.78, 5) is 7.71. The lowest BCUT2D eigenvalue weighted by Crippen LogP contribution is -2.38. The second-order valence-electron chi connectivity index (χ2n) is 22.6. The first-order chi connectivity index (χ1) is 23.9. The Labute approximate surface area is 332 Å². The number of rotatable bonds is 3. The summed E-state index contributed by atoms with van der Waals surface area (Å²) < 4.78 is 51.2. The quantitative estimate of drug-likeness (QED) is 0.150. The molecule has 54 heavy (non-hydrogen) atoms. The van der Waals surface area contributed by atoms with Gasteiger partial charge in [-0.1, -0.05) is 181 Å². The van der Waals surface area contributed by atoms with Crippen molar-refractivity contribution >= 4 is 41.8 Å². The lowest BCUT2D eigenvalue weighted by molar-refractivity contribution is 0.487. The van der Waals surface area contributed by atoms with Crippen LogP contribution in [0.25, 0.3) is 0 Å². The third kappa shape index (κ3) is 7.96. The lowest BCUT2D eigenvalue weighted by Gasteiger charge is -2.42. The molecular formula is C46H67ClF3N2P2+. The van der Waals surface area contributed by atoms with E-state index < -0.39 is 53.6 Å². The van der Waals surface area contributed by atoms with Gasteiger partial charge in [0.1, 0.15) is 0 Å².